The molecule has 0 radical (unpaired) electrons. The summed E-state index contributed by atoms with van der Waals surface area (Å²) < 4.78 is 1.72. The summed E-state index contributed by atoms with van der Waals surface area (Å²) in [6.07, 6.45) is 3.55. The number of hydrogen-bond acceptors (Lipinski definition) is 5. The van der Waals surface area contributed by atoms with Crippen molar-refractivity contribution in [3.8, 4) is 0 Å². The van der Waals surface area contributed by atoms with Crippen LogP contribution in [-0.2, 0) is 7.05 Å². The third-order valence-electron chi connectivity index (χ3n) is 4.93. The van der Waals surface area contributed by atoms with Crippen molar-refractivity contribution in [1.82, 2.24) is 30.0 Å². The molecule has 1 aliphatic heterocycles. The SMILES string of the molecule is Cc1cc2ncnc(N3CCCC(NC(=O)c4cc(C)n(C)n4)C3)c2[nH]1. The molecular formula is C18H23N7O. The summed E-state index contributed by atoms with van der Waals surface area (Å²) >= 11 is 0. The van der Waals surface area contributed by atoms with E-state index < -0.39 is 0 Å². The summed E-state index contributed by atoms with van der Waals surface area (Å²) in [7, 11) is 1.84. The van der Waals surface area contributed by atoms with Gasteiger partial charge >= 0.3 is 0 Å². The molecule has 1 unspecified atom stereocenters. The third-order valence-corrected chi connectivity index (χ3v) is 4.93. The zero-order valence-corrected chi connectivity index (χ0v) is 15.3. The fraction of sp³-hybridized carbons (Fsp3) is 0.444. The molecule has 3 aromatic rings. The molecule has 8 heteroatoms. The first kappa shape index (κ1) is 16.6. The van der Waals surface area contributed by atoms with Crippen molar-refractivity contribution < 1.29 is 4.79 Å². The molecule has 3 aromatic heterocycles. The third kappa shape index (κ3) is 3.02. The maximum Gasteiger partial charge on any atom is 0.272 e. The highest BCUT2D eigenvalue weighted by molar-refractivity contribution is 5.92. The molecule has 1 saturated heterocycles. The van der Waals surface area contributed by atoms with Crippen molar-refractivity contribution >= 4 is 22.8 Å². The first-order chi connectivity index (χ1) is 12.5. The van der Waals surface area contributed by atoms with Gasteiger partial charge in [-0.25, -0.2) is 9.97 Å². The molecule has 4 rings (SSSR count). The number of amides is 1. The second-order valence-corrected chi connectivity index (χ2v) is 6.96. The van der Waals surface area contributed by atoms with Gasteiger partial charge in [-0.2, -0.15) is 5.10 Å². The van der Waals surface area contributed by atoms with E-state index in [1.54, 1.807) is 11.0 Å². The summed E-state index contributed by atoms with van der Waals surface area (Å²) in [5.74, 6) is 0.778. The Hall–Kier alpha value is -2.90. The predicted molar refractivity (Wildman–Crippen MR) is 99.3 cm³/mol. The molecule has 0 bridgehead atoms. The predicted octanol–water partition coefficient (Wildman–Crippen LogP) is 1.71. The van der Waals surface area contributed by atoms with Crippen LogP contribution in [0.15, 0.2) is 18.5 Å². The number of nitrogens with one attached hydrogen (secondary N) is 2. The number of aromatic amines is 1. The molecule has 1 fully saturated rings. The van der Waals surface area contributed by atoms with Gasteiger partial charge in [0, 0.05) is 37.6 Å². The van der Waals surface area contributed by atoms with E-state index in [4.69, 9.17) is 0 Å². The quantitative estimate of drug-likeness (QED) is 0.748. The number of anilines is 1. The first-order valence-corrected chi connectivity index (χ1v) is 8.88. The van der Waals surface area contributed by atoms with Gasteiger partial charge in [0.2, 0.25) is 0 Å². The average Bonchev–Trinajstić information content (AvgIpc) is 3.16. The lowest BCUT2D eigenvalue weighted by atomic mass is 10.1. The van der Waals surface area contributed by atoms with Gasteiger partial charge < -0.3 is 15.2 Å². The average molecular weight is 353 g/mol. The van der Waals surface area contributed by atoms with Gasteiger partial charge in [-0.1, -0.05) is 0 Å². The molecule has 0 aliphatic carbocycles. The molecule has 8 nitrogen and oxygen atoms in total. The number of hydrogen-bond donors (Lipinski definition) is 2. The summed E-state index contributed by atoms with van der Waals surface area (Å²) in [5.41, 5.74) is 4.37. The molecule has 1 aliphatic rings. The van der Waals surface area contributed by atoms with Crippen molar-refractivity contribution in [3.05, 3.63) is 35.5 Å². The van der Waals surface area contributed by atoms with Crippen LogP contribution in [0.25, 0.3) is 11.0 Å². The Balaban J connectivity index is 1.51. The molecule has 1 atom stereocenters. The van der Waals surface area contributed by atoms with Crippen LogP contribution in [0.4, 0.5) is 5.82 Å². The Bertz CT molecular complexity index is 938. The number of aromatic nitrogens is 5. The fourth-order valence-electron chi connectivity index (χ4n) is 3.52. The van der Waals surface area contributed by atoms with Gasteiger partial charge in [0.1, 0.15) is 17.5 Å². The Morgan fingerprint density at radius 1 is 1.31 bits per heavy atom. The van der Waals surface area contributed by atoms with E-state index in [9.17, 15) is 4.79 Å². The monoisotopic (exact) mass is 353 g/mol. The van der Waals surface area contributed by atoms with Gasteiger partial charge in [-0.05, 0) is 38.8 Å². The van der Waals surface area contributed by atoms with E-state index in [1.165, 1.54) is 0 Å². The van der Waals surface area contributed by atoms with Crippen LogP contribution in [0, 0.1) is 13.8 Å². The number of carbonyl (C=O) groups is 1. The lowest BCUT2D eigenvalue weighted by molar-refractivity contribution is 0.0927. The van der Waals surface area contributed by atoms with E-state index in [0.717, 1.165) is 54.2 Å². The lowest BCUT2D eigenvalue weighted by Crippen LogP contribution is -2.48. The molecule has 26 heavy (non-hydrogen) atoms. The van der Waals surface area contributed by atoms with E-state index in [-0.39, 0.29) is 11.9 Å². The molecule has 4 heterocycles. The lowest BCUT2D eigenvalue weighted by Gasteiger charge is -2.33. The standard InChI is InChI=1S/C18H23N7O/c1-11-7-14-16(21-11)17(20-10-19-14)25-6-4-5-13(9-25)22-18(26)15-8-12(2)24(3)23-15/h7-8,10,13,21H,4-6,9H2,1-3H3,(H,22,26). The van der Waals surface area contributed by atoms with Crippen molar-refractivity contribution in [2.45, 2.75) is 32.7 Å². The van der Waals surface area contributed by atoms with Gasteiger partial charge in [-0.15, -0.1) is 0 Å². The van der Waals surface area contributed by atoms with Crippen LogP contribution in [0.1, 0.15) is 34.7 Å². The zero-order chi connectivity index (χ0) is 18.3. The summed E-state index contributed by atoms with van der Waals surface area (Å²) in [4.78, 5) is 26.9. The summed E-state index contributed by atoms with van der Waals surface area (Å²) in [6, 6.07) is 3.90. The van der Waals surface area contributed by atoms with Gasteiger partial charge in [0.25, 0.3) is 5.91 Å². The molecule has 2 N–H and O–H groups in total. The maximum atomic E-state index is 12.5. The topological polar surface area (TPSA) is 91.7 Å². The number of piperidine rings is 1. The summed E-state index contributed by atoms with van der Waals surface area (Å²) in [5, 5.41) is 7.38. The molecule has 136 valence electrons. The molecule has 0 saturated carbocycles. The molecular weight excluding hydrogens is 330 g/mol. The van der Waals surface area contributed by atoms with Crippen molar-refractivity contribution in [2.75, 3.05) is 18.0 Å². The number of nitrogens with zero attached hydrogens (tertiary/aromatic N) is 5. The van der Waals surface area contributed by atoms with E-state index in [0.29, 0.717) is 5.69 Å². The summed E-state index contributed by atoms with van der Waals surface area (Å²) in [6.45, 7) is 5.59. The van der Waals surface area contributed by atoms with Crippen molar-refractivity contribution in [3.63, 3.8) is 0 Å². The van der Waals surface area contributed by atoms with Gasteiger partial charge in [-0.3, -0.25) is 9.48 Å². The van der Waals surface area contributed by atoms with Crippen molar-refractivity contribution in [1.29, 1.82) is 0 Å². The van der Waals surface area contributed by atoms with Crippen LogP contribution in [0.3, 0.4) is 0 Å². The number of carbonyl (C=O) groups excluding carboxylic acids is 1. The Morgan fingerprint density at radius 3 is 2.92 bits per heavy atom. The first-order valence-electron chi connectivity index (χ1n) is 8.88. The Morgan fingerprint density at radius 2 is 2.15 bits per heavy atom. The minimum atomic E-state index is -0.121. The van der Waals surface area contributed by atoms with Crippen LogP contribution < -0.4 is 10.2 Å². The minimum Gasteiger partial charge on any atom is -0.354 e. The highest BCUT2D eigenvalue weighted by atomic mass is 16.2. The van der Waals surface area contributed by atoms with E-state index in [2.05, 4.69) is 30.3 Å². The number of aryl methyl sites for hydroxylation is 3. The van der Waals surface area contributed by atoms with Crippen molar-refractivity contribution in [2.24, 2.45) is 7.05 Å². The fourth-order valence-corrected chi connectivity index (χ4v) is 3.52. The second kappa shape index (κ2) is 6.44. The van der Waals surface area contributed by atoms with Gasteiger partial charge in [0.05, 0.1) is 5.52 Å². The zero-order valence-electron chi connectivity index (χ0n) is 15.3. The van der Waals surface area contributed by atoms with Crippen LogP contribution in [-0.4, -0.2) is 49.8 Å². The number of H-pyrrole nitrogens is 1. The Labute approximate surface area is 151 Å². The number of rotatable bonds is 3. The van der Waals surface area contributed by atoms with Crippen LogP contribution in [0.5, 0.6) is 0 Å². The van der Waals surface area contributed by atoms with Crippen LogP contribution in [0.2, 0.25) is 0 Å². The maximum absolute atomic E-state index is 12.5. The van der Waals surface area contributed by atoms with E-state index >= 15 is 0 Å². The molecule has 1 amide bonds. The smallest absolute Gasteiger partial charge is 0.272 e. The number of fused-ring (bicyclic) bond motifs is 1. The Kier molecular flexibility index (Phi) is 4.10. The highest BCUT2D eigenvalue weighted by Crippen LogP contribution is 2.25. The second-order valence-electron chi connectivity index (χ2n) is 6.96. The highest BCUT2D eigenvalue weighted by Gasteiger charge is 2.25. The largest absolute Gasteiger partial charge is 0.354 e. The normalized spacial score (nSPS) is 17.7. The van der Waals surface area contributed by atoms with E-state index in [1.807, 2.05) is 33.0 Å². The van der Waals surface area contributed by atoms with Crippen LogP contribution >= 0.6 is 0 Å². The molecule has 0 aromatic carbocycles. The van der Waals surface area contributed by atoms with Gasteiger partial charge in [0.15, 0.2) is 5.82 Å². The minimum absolute atomic E-state index is 0.0691. The molecule has 0 spiro atoms.